The zero-order chi connectivity index (χ0) is 10.8. The third-order valence-corrected chi connectivity index (χ3v) is 2.82. The fraction of sp³-hybridized carbons (Fsp3) is 0.308. The maximum atomic E-state index is 4.65. The van der Waals surface area contributed by atoms with Crippen LogP contribution >= 0.6 is 0 Å². The van der Waals surface area contributed by atoms with Crippen LogP contribution in [-0.2, 0) is 0 Å². The standard InChI is InChI=1S/C13H16N2/c1-10(15(2)3)12-9-8-11-6-4-5-7-13(11)14-12/h4-10H,1-3H3. The first-order valence-electron chi connectivity index (χ1n) is 5.20. The molecule has 0 N–H and O–H groups in total. The van der Waals surface area contributed by atoms with Crippen molar-refractivity contribution in [2.24, 2.45) is 0 Å². The summed E-state index contributed by atoms with van der Waals surface area (Å²) in [5.74, 6) is 0. The van der Waals surface area contributed by atoms with Crippen LogP contribution in [0.3, 0.4) is 0 Å². The van der Waals surface area contributed by atoms with Crippen molar-refractivity contribution >= 4 is 10.9 Å². The Balaban J connectivity index is 2.47. The molecule has 1 aromatic carbocycles. The minimum absolute atomic E-state index is 0.356. The molecule has 78 valence electrons. The van der Waals surface area contributed by atoms with E-state index in [1.54, 1.807) is 0 Å². The van der Waals surface area contributed by atoms with Crippen LogP contribution in [0, 0.1) is 0 Å². The summed E-state index contributed by atoms with van der Waals surface area (Å²) in [7, 11) is 4.14. The van der Waals surface area contributed by atoms with E-state index in [1.807, 2.05) is 12.1 Å². The zero-order valence-electron chi connectivity index (χ0n) is 9.44. The molecule has 0 aliphatic carbocycles. The molecule has 0 aliphatic rings. The van der Waals surface area contributed by atoms with Gasteiger partial charge in [0.25, 0.3) is 0 Å². The van der Waals surface area contributed by atoms with Crippen molar-refractivity contribution in [2.75, 3.05) is 14.1 Å². The fourth-order valence-corrected chi connectivity index (χ4v) is 1.58. The number of hydrogen-bond donors (Lipinski definition) is 0. The second-order valence-electron chi connectivity index (χ2n) is 4.07. The Bertz CT molecular complexity index is 463. The number of rotatable bonds is 2. The van der Waals surface area contributed by atoms with E-state index in [4.69, 9.17) is 0 Å². The number of benzene rings is 1. The van der Waals surface area contributed by atoms with Crippen LogP contribution in [0.2, 0.25) is 0 Å². The molecule has 0 spiro atoms. The lowest BCUT2D eigenvalue weighted by Crippen LogP contribution is -2.17. The third kappa shape index (κ3) is 2.00. The van der Waals surface area contributed by atoms with Gasteiger partial charge >= 0.3 is 0 Å². The molecule has 0 radical (unpaired) electrons. The minimum atomic E-state index is 0.356. The average molecular weight is 200 g/mol. The summed E-state index contributed by atoms with van der Waals surface area (Å²) in [6, 6.07) is 12.8. The van der Waals surface area contributed by atoms with Gasteiger partial charge in [-0.1, -0.05) is 24.3 Å². The van der Waals surface area contributed by atoms with Crippen molar-refractivity contribution in [1.82, 2.24) is 9.88 Å². The van der Waals surface area contributed by atoms with E-state index in [9.17, 15) is 0 Å². The van der Waals surface area contributed by atoms with Crippen LogP contribution < -0.4 is 0 Å². The number of aromatic nitrogens is 1. The molecule has 2 heteroatoms. The maximum absolute atomic E-state index is 4.65. The van der Waals surface area contributed by atoms with Gasteiger partial charge in [-0.3, -0.25) is 4.98 Å². The Labute approximate surface area is 90.6 Å². The Kier molecular flexibility index (Phi) is 2.69. The van der Waals surface area contributed by atoms with Crippen LogP contribution in [0.25, 0.3) is 10.9 Å². The quantitative estimate of drug-likeness (QED) is 0.741. The van der Waals surface area contributed by atoms with Crippen LogP contribution in [0.1, 0.15) is 18.7 Å². The first kappa shape index (κ1) is 10.1. The zero-order valence-corrected chi connectivity index (χ0v) is 9.44. The topological polar surface area (TPSA) is 16.1 Å². The monoisotopic (exact) mass is 200 g/mol. The largest absolute Gasteiger partial charge is 0.301 e. The van der Waals surface area contributed by atoms with Gasteiger partial charge in [0.2, 0.25) is 0 Å². The number of fused-ring (bicyclic) bond motifs is 1. The van der Waals surface area contributed by atoms with Gasteiger partial charge in [-0.2, -0.15) is 0 Å². The fourth-order valence-electron chi connectivity index (χ4n) is 1.58. The van der Waals surface area contributed by atoms with Crippen LogP contribution in [0.15, 0.2) is 36.4 Å². The summed E-state index contributed by atoms with van der Waals surface area (Å²) >= 11 is 0. The third-order valence-electron chi connectivity index (χ3n) is 2.82. The van der Waals surface area contributed by atoms with Gasteiger partial charge in [0.15, 0.2) is 0 Å². The number of para-hydroxylation sites is 1. The van der Waals surface area contributed by atoms with E-state index in [2.05, 4.69) is 55.2 Å². The predicted molar refractivity (Wildman–Crippen MR) is 63.8 cm³/mol. The second kappa shape index (κ2) is 3.99. The molecular weight excluding hydrogens is 184 g/mol. The number of pyridine rings is 1. The highest BCUT2D eigenvalue weighted by Gasteiger charge is 2.09. The molecule has 0 saturated heterocycles. The van der Waals surface area contributed by atoms with Gasteiger partial charge in [0, 0.05) is 11.4 Å². The molecule has 0 saturated carbocycles. The van der Waals surface area contributed by atoms with Crippen molar-refractivity contribution in [1.29, 1.82) is 0 Å². The Morgan fingerprint density at radius 3 is 2.53 bits per heavy atom. The van der Waals surface area contributed by atoms with E-state index in [-0.39, 0.29) is 0 Å². The molecule has 0 bridgehead atoms. The Morgan fingerprint density at radius 1 is 1.07 bits per heavy atom. The van der Waals surface area contributed by atoms with E-state index in [0.717, 1.165) is 11.2 Å². The highest BCUT2D eigenvalue weighted by Crippen LogP contribution is 2.18. The van der Waals surface area contributed by atoms with Gasteiger partial charge in [-0.25, -0.2) is 0 Å². The Hall–Kier alpha value is -1.41. The van der Waals surface area contributed by atoms with Crippen molar-refractivity contribution in [3.63, 3.8) is 0 Å². The molecule has 1 heterocycles. The molecule has 15 heavy (non-hydrogen) atoms. The summed E-state index contributed by atoms with van der Waals surface area (Å²) in [5.41, 5.74) is 2.20. The van der Waals surface area contributed by atoms with E-state index >= 15 is 0 Å². The average Bonchev–Trinajstić information content (AvgIpc) is 2.27. The smallest absolute Gasteiger partial charge is 0.0706 e. The van der Waals surface area contributed by atoms with Gasteiger partial charge < -0.3 is 4.90 Å². The van der Waals surface area contributed by atoms with Gasteiger partial charge in [-0.05, 0) is 33.2 Å². The van der Waals surface area contributed by atoms with Crippen LogP contribution in [0.5, 0.6) is 0 Å². The first-order chi connectivity index (χ1) is 7.18. The summed E-state index contributed by atoms with van der Waals surface area (Å²) in [5, 5.41) is 1.20. The molecule has 0 amide bonds. The highest BCUT2D eigenvalue weighted by atomic mass is 15.1. The van der Waals surface area contributed by atoms with Gasteiger partial charge in [-0.15, -0.1) is 0 Å². The molecule has 2 nitrogen and oxygen atoms in total. The molecule has 0 fully saturated rings. The minimum Gasteiger partial charge on any atom is -0.301 e. The van der Waals surface area contributed by atoms with Crippen LogP contribution in [-0.4, -0.2) is 24.0 Å². The molecule has 1 aromatic heterocycles. The molecule has 1 atom stereocenters. The number of nitrogens with zero attached hydrogens (tertiary/aromatic N) is 2. The first-order valence-corrected chi connectivity index (χ1v) is 5.20. The molecule has 0 aliphatic heterocycles. The van der Waals surface area contributed by atoms with Gasteiger partial charge in [0.1, 0.15) is 0 Å². The second-order valence-corrected chi connectivity index (χ2v) is 4.07. The Morgan fingerprint density at radius 2 is 1.80 bits per heavy atom. The SMILES string of the molecule is CC(c1ccc2ccccc2n1)N(C)C. The molecule has 1 unspecified atom stereocenters. The highest BCUT2D eigenvalue weighted by molar-refractivity contribution is 5.78. The molecule has 2 aromatic rings. The van der Waals surface area contributed by atoms with E-state index in [1.165, 1.54) is 5.39 Å². The van der Waals surface area contributed by atoms with Crippen molar-refractivity contribution < 1.29 is 0 Å². The van der Waals surface area contributed by atoms with Crippen molar-refractivity contribution in [3.05, 3.63) is 42.1 Å². The lowest BCUT2D eigenvalue weighted by molar-refractivity contribution is 0.316. The van der Waals surface area contributed by atoms with E-state index < -0.39 is 0 Å². The normalized spacial score (nSPS) is 13.3. The predicted octanol–water partition coefficient (Wildman–Crippen LogP) is 2.86. The van der Waals surface area contributed by atoms with Crippen LogP contribution in [0.4, 0.5) is 0 Å². The lowest BCUT2D eigenvalue weighted by atomic mass is 10.1. The maximum Gasteiger partial charge on any atom is 0.0706 e. The van der Waals surface area contributed by atoms with Gasteiger partial charge in [0.05, 0.1) is 11.2 Å². The summed E-state index contributed by atoms with van der Waals surface area (Å²) in [6.07, 6.45) is 0. The summed E-state index contributed by atoms with van der Waals surface area (Å²) in [6.45, 7) is 2.16. The summed E-state index contributed by atoms with van der Waals surface area (Å²) < 4.78 is 0. The lowest BCUT2D eigenvalue weighted by Gasteiger charge is -2.19. The van der Waals surface area contributed by atoms with E-state index in [0.29, 0.717) is 6.04 Å². The molecule has 2 rings (SSSR count). The summed E-state index contributed by atoms with van der Waals surface area (Å²) in [4.78, 5) is 6.82. The van der Waals surface area contributed by atoms with Crippen molar-refractivity contribution in [3.8, 4) is 0 Å². The number of hydrogen-bond acceptors (Lipinski definition) is 2. The van der Waals surface area contributed by atoms with Crippen molar-refractivity contribution in [2.45, 2.75) is 13.0 Å². The molecular formula is C13H16N2.